The fourth-order valence-corrected chi connectivity index (χ4v) is 1.38. The summed E-state index contributed by atoms with van der Waals surface area (Å²) in [5.74, 6) is 6.51. The SMILES string of the molecule is C#CC#CCC/C=C/C=C/C(=O)O.C1CCNCC1. The van der Waals surface area contributed by atoms with Gasteiger partial charge in [0.05, 0.1) is 0 Å². The first-order valence-electron chi connectivity index (χ1n) is 6.47. The van der Waals surface area contributed by atoms with Gasteiger partial charge in [-0.05, 0) is 44.2 Å². The average molecular weight is 259 g/mol. The first-order chi connectivity index (χ1) is 9.27. The average Bonchev–Trinajstić information content (AvgIpc) is 2.44. The van der Waals surface area contributed by atoms with Gasteiger partial charge in [-0.2, -0.15) is 0 Å². The van der Waals surface area contributed by atoms with Crippen molar-refractivity contribution in [1.82, 2.24) is 5.32 Å². The summed E-state index contributed by atoms with van der Waals surface area (Å²) in [4.78, 5) is 10.0. The van der Waals surface area contributed by atoms with Crippen molar-refractivity contribution in [2.45, 2.75) is 32.1 Å². The Hall–Kier alpha value is -1.97. The van der Waals surface area contributed by atoms with Crippen molar-refractivity contribution in [2.75, 3.05) is 13.1 Å². The van der Waals surface area contributed by atoms with Gasteiger partial charge in [-0.1, -0.05) is 30.6 Å². The molecule has 0 amide bonds. The third kappa shape index (κ3) is 16.0. The molecule has 1 fully saturated rings. The molecule has 1 rings (SSSR count). The van der Waals surface area contributed by atoms with Crippen molar-refractivity contribution >= 4 is 5.97 Å². The van der Waals surface area contributed by atoms with Crippen LogP contribution in [0.5, 0.6) is 0 Å². The standard InChI is InChI=1S/C11H10O2.C5H11N/c1-2-3-4-5-6-7-8-9-10-11(12)13;1-2-4-6-5-3-1/h1,7-10H,5-6H2,(H,12,13);6H,1-5H2/b8-7+,10-9+;. The molecular weight excluding hydrogens is 238 g/mol. The molecule has 0 aliphatic carbocycles. The number of carboxylic acid groups (broad SMARTS) is 1. The van der Waals surface area contributed by atoms with Crippen LogP contribution in [-0.2, 0) is 4.79 Å². The summed E-state index contributed by atoms with van der Waals surface area (Å²) < 4.78 is 0. The number of piperidine rings is 1. The number of hydrogen-bond acceptors (Lipinski definition) is 2. The predicted octanol–water partition coefficient (Wildman–Crippen LogP) is 2.36. The molecular formula is C16H21NO2. The van der Waals surface area contributed by atoms with Gasteiger partial charge in [0.25, 0.3) is 0 Å². The molecule has 3 heteroatoms. The van der Waals surface area contributed by atoms with Crippen LogP contribution in [0.4, 0.5) is 0 Å². The number of nitrogens with one attached hydrogen (secondary N) is 1. The highest BCUT2D eigenvalue weighted by atomic mass is 16.4. The minimum absolute atomic E-state index is 0.696. The van der Waals surface area contributed by atoms with E-state index in [0.717, 1.165) is 12.5 Å². The van der Waals surface area contributed by atoms with E-state index in [4.69, 9.17) is 11.5 Å². The monoisotopic (exact) mass is 259 g/mol. The number of rotatable bonds is 4. The molecule has 2 N–H and O–H groups in total. The zero-order valence-electron chi connectivity index (χ0n) is 11.2. The zero-order valence-corrected chi connectivity index (χ0v) is 11.2. The molecule has 1 aliphatic rings. The second-order valence-corrected chi connectivity index (χ2v) is 3.92. The largest absolute Gasteiger partial charge is 0.478 e. The molecule has 1 aliphatic heterocycles. The Bertz CT molecular complexity index is 376. The van der Waals surface area contributed by atoms with Crippen molar-refractivity contribution in [3.05, 3.63) is 24.3 Å². The molecule has 0 atom stereocenters. The first-order valence-corrected chi connectivity index (χ1v) is 6.47. The van der Waals surface area contributed by atoms with Crippen molar-refractivity contribution in [2.24, 2.45) is 0 Å². The van der Waals surface area contributed by atoms with E-state index >= 15 is 0 Å². The van der Waals surface area contributed by atoms with Gasteiger partial charge in [0.1, 0.15) is 0 Å². The Balaban J connectivity index is 0.000000443. The quantitative estimate of drug-likeness (QED) is 0.353. The number of aliphatic carboxylic acids is 1. The Labute approximate surface area is 115 Å². The summed E-state index contributed by atoms with van der Waals surface area (Å²) in [6, 6.07) is 0. The highest BCUT2D eigenvalue weighted by Gasteiger charge is 1.93. The van der Waals surface area contributed by atoms with Gasteiger partial charge in [0.15, 0.2) is 0 Å². The normalized spacial score (nSPS) is 14.1. The van der Waals surface area contributed by atoms with Crippen molar-refractivity contribution in [1.29, 1.82) is 0 Å². The lowest BCUT2D eigenvalue weighted by molar-refractivity contribution is -0.131. The Morgan fingerprint density at radius 2 is 2.00 bits per heavy atom. The molecule has 0 radical (unpaired) electrons. The molecule has 0 unspecified atom stereocenters. The lowest BCUT2D eigenvalue weighted by Crippen LogP contribution is -2.21. The molecule has 19 heavy (non-hydrogen) atoms. The molecule has 1 saturated heterocycles. The summed E-state index contributed by atoms with van der Waals surface area (Å²) in [5.41, 5.74) is 0. The van der Waals surface area contributed by atoms with Crippen LogP contribution in [0, 0.1) is 24.2 Å². The number of carbonyl (C=O) groups is 1. The van der Waals surface area contributed by atoms with Gasteiger partial charge in [-0.25, -0.2) is 4.79 Å². The molecule has 0 bridgehead atoms. The van der Waals surface area contributed by atoms with Crippen LogP contribution in [-0.4, -0.2) is 24.2 Å². The van der Waals surface area contributed by atoms with E-state index < -0.39 is 5.97 Å². The summed E-state index contributed by atoms with van der Waals surface area (Å²) in [6.07, 6.45) is 16.6. The Morgan fingerprint density at radius 1 is 1.26 bits per heavy atom. The smallest absolute Gasteiger partial charge is 0.328 e. The van der Waals surface area contributed by atoms with Gasteiger partial charge in [-0.3, -0.25) is 0 Å². The maximum Gasteiger partial charge on any atom is 0.328 e. The topological polar surface area (TPSA) is 49.3 Å². The van der Waals surface area contributed by atoms with Crippen LogP contribution in [0.2, 0.25) is 0 Å². The minimum atomic E-state index is -0.947. The van der Waals surface area contributed by atoms with Crippen molar-refractivity contribution in [3.63, 3.8) is 0 Å². The zero-order chi connectivity index (χ0) is 14.2. The maximum absolute atomic E-state index is 10.0. The summed E-state index contributed by atoms with van der Waals surface area (Å²) in [6.45, 7) is 2.50. The maximum atomic E-state index is 10.0. The molecule has 3 nitrogen and oxygen atoms in total. The summed E-state index contributed by atoms with van der Waals surface area (Å²) >= 11 is 0. The number of terminal acetylenes is 1. The van der Waals surface area contributed by atoms with Gasteiger partial charge in [0.2, 0.25) is 0 Å². The first kappa shape index (κ1) is 17.0. The molecule has 0 aromatic carbocycles. The van der Waals surface area contributed by atoms with Crippen LogP contribution in [0.25, 0.3) is 0 Å². The van der Waals surface area contributed by atoms with Gasteiger partial charge < -0.3 is 10.4 Å². The Morgan fingerprint density at radius 3 is 2.47 bits per heavy atom. The Kier molecular flexibility index (Phi) is 12.6. The van der Waals surface area contributed by atoms with E-state index in [1.165, 1.54) is 38.4 Å². The van der Waals surface area contributed by atoms with E-state index in [2.05, 4.69) is 23.1 Å². The molecule has 1 heterocycles. The van der Waals surface area contributed by atoms with Crippen LogP contribution in [0.3, 0.4) is 0 Å². The predicted molar refractivity (Wildman–Crippen MR) is 78.5 cm³/mol. The number of allylic oxidation sites excluding steroid dienone is 3. The summed E-state index contributed by atoms with van der Waals surface area (Å²) in [5, 5.41) is 11.5. The fourth-order valence-electron chi connectivity index (χ4n) is 1.38. The van der Waals surface area contributed by atoms with Crippen LogP contribution in [0.15, 0.2) is 24.3 Å². The minimum Gasteiger partial charge on any atom is -0.478 e. The lowest BCUT2D eigenvalue weighted by atomic mass is 10.2. The van der Waals surface area contributed by atoms with Crippen LogP contribution in [0.1, 0.15) is 32.1 Å². The van der Waals surface area contributed by atoms with Crippen molar-refractivity contribution in [3.8, 4) is 24.2 Å². The van der Waals surface area contributed by atoms with Gasteiger partial charge in [-0.15, -0.1) is 6.42 Å². The number of carboxylic acids is 1. The highest BCUT2D eigenvalue weighted by Crippen LogP contribution is 1.96. The molecule has 0 aromatic rings. The summed E-state index contributed by atoms with van der Waals surface area (Å²) in [7, 11) is 0. The molecule has 0 spiro atoms. The number of hydrogen-bond donors (Lipinski definition) is 2. The van der Waals surface area contributed by atoms with E-state index in [9.17, 15) is 4.79 Å². The van der Waals surface area contributed by atoms with Crippen LogP contribution >= 0.6 is 0 Å². The highest BCUT2D eigenvalue weighted by molar-refractivity contribution is 5.80. The third-order valence-electron chi connectivity index (χ3n) is 2.29. The van der Waals surface area contributed by atoms with E-state index in [1.807, 2.05) is 6.08 Å². The van der Waals surface area contributed by atoms with E-state index in [-0.39, 0.29) is 0 Å². The molecule has 0 saturated carbocycles. The van der Waals surface area contributed by atoms with E-state index in [0.29, 0.717) is 6.42 Å². The third-order valence-corrected chi connectivity index (χ3v) is 2.29. The molecule has 0 aromatic heterocycles. The lowest BCUT2D eigenvalue weighted by Gasteiger charge is -2.08. The second-order valence-electron chi connectivity index (χ2n) is 3.92. The fraction of sp³-hybridized carbons (Fsp3) is 0.438. The second kappa shape index (κ2) is 14.1. The van der Waals surface area contributed by atoms with Crippen LogP contribution < -0.4 is 5.32 Å². The van der Waals surface area contributed by atoms with Gasteiger partial charge in [0, 0.05) is 12.5 Å². The van der Waals surface area contributed by atoms with Gasteiger partial charge >= 0.3 is 5.97 Å². The number of unbranched alkanes of at least 4 members (excludes halogenated alkanes) is 1. The van der Waals surface area contributed by atoms with Crippen molar-refractivity contribution < 1.29 is 9.90 Å². The van der Waals surface area contributed by atoms with E-state index in [1.54, 1.807) is 6.08 Å². The molecule has 102 valence electrons.